The molecule has 1 aromatic rings. The summed E-state index contributed by atoms with van der Waals surface area (Å²) in [6, 6.07) is 4.74. The van der Waals surface area contributed by atoms with E-state index in [2.05, 4.69) is 5.32 Å². The van der Waals surface area contributed by atoms with Crippen molar-refractivity contribution in [2.75, 3.05) is 19.8 Å². The van der Waals surface area contributed by atoms with Gasteiger partial charge in [0.25, 0.3) is 5.69 Å². The number of nitrogens with one attached hydrogen (secondary N) is 1. The molecule has 0 bridgehead atoms. The first kappa shape index (κ1) is 33.2. The lowest BCUT2D eigenvalue weighted by Gasteiger charge is -2.62. The van der Waals surface area contributed by atoms with Gasteiger partial charge in [-0.15, -0.1) is 0 Å². The number of benzene rings is 1. The number of alkyl carbamates (subject to hydrolysis) is 1. The Kier molecular flexibility index (Phi) is 8.58. The van der Waals surface area contributed by atoms with Crippen molar-refractivity contribution in [1.29, 1.82) is 0 Å². The third-order valence-corrected chi connectivity index (χ3v) is 10.8. The molecule has 0 radical (unpaired) electrons. The highest BCUT2D eigenvalue weighted by atomic mass is 19.1. The molecule has 1 amide bonds. The van der Waals surface area contributed by atoms with E-state index in [0.29, 0.717) is 24.8 Å². The Balaban J connectivity index is 1.16. The normalized spacial score (nSPS) is 36.0. The summed E-state index contributed by atoms with van der Waals surface area (Å²) < 4.78 is 32.1. The fourth-order valence-corrected chi connectivity index (χ4v) is 8.48. The number of hydrogen-bond acceptors (Lipinski definition) is 11. The van der Waals surface area contributed by atoms with Crippen LogP contribution in [-0.4, -0.2) is 76.1 Å². The number of carbonyl (C=O) groups is 4. The Hall–Kier alpha value is -4.17. The second kappa shape index (κ2) is 11.9. The number of allylic oxidation sites excluding steroid dienone is 4. The number of alkyl halides is 1. The minimum atomic E-state index is -2.11. The van der Waals surface area contributed by atoms with Crippen molar-refractivity contribution in [1.82, 2.24) is 5.32 Å². The zero-order valence-corrected chi connectivity index (χ0v) is 25.7. The van der Waals surface area contributed by atoms with Gasteiger partial charge in [0.1, 0.15) is 18.0 Å². The Bertz CT molecular complexity index is 1510. The molecule has 1 aromatic carbocycles. The van der Waals surface area contributed by atoms with Gasteiger partial charge in [-0.25, -0.2) is 14.0 Å². The summed E-state index contributed by atoms with van der Waals surface area (Å²) in [7, 11) is 0. The number of ether oxygens (including phenoxy) is 3. The number of nitro groups is 1. The van der Waals surface area contributed by atoms with Crippen molar-refractivity contribution in [3.63, 3.8) is 0 Å². The van der Waals surface area contributed by atoms with E-state index in [1.165, 1.54) is 30.4 Å². The summed E-state index contributed by atoms with van der Waals surface area (Å²) in [5, 5.41) is 36.4. The first-order valence-corrected chi connectivity index (χ1v) is 15.1. The highest BCUT2D eigenvalue weighted by molar-refractivity contribution is 6.01. The molecule has 0 aliphatic heterocycles. The molecule has 5 rings (SSSR count). The zero-order chi connectivity index (χ0) is 33.7. The van der Waals surface area contributed by atoms with Gasteiger partial charge in [-0.2, -0.15) is 0 Å². The van der Waals surface area contributed by atoms with Crippen LogP contribution in [0.2, 0.25) is 0 Å². The maximum absolute atomic E-state index is 17.3. The van der Waals surface area contributed by atoms with Crippen LogP contribution in [0.4, 0.5) is 19.7 Å². The average Bonchev–Trinajstić information content (AvgIpc) is 3.20. The number of halogens is 1. The summed E-state index contributed by atoms with van der Waals surface area (Å²) in [4.78, 5) is 59.8. The number of rotatable bonds is 8. The number of nitrogens with zero attached hydrogens (tertiary/aromatic N) is 1. The maximum Gasteiger partial charge on any atom is 0.513 e. The molecule has 0 heterocycles. The van der Waals surface area contributed by atoms with Crippen LogP contribution < -0.4 is 10.1 Å². The van der Waals surface area contributed by atoms with Gasteiger partial charge in [-0.1, -0.05) is 25.5 Å². The predicted octanol–water partition coefficient (Wildman–Crippen LogP) is 3.75. The molecule has 4 aliphatic carbocycles. The summed E-state index contributed by atoms with van der Waals surface area (Å²) in [5.74, 6) is -2.77. The molecule has 46 heavy (non-hydrogen) atoms. The van der Waals surface area contributed by atoms with Crippen molar-refractivity contribution < 1.29 is 52.9 Å². The molecule has 0 aromatic heterocycles. The number of nitro benzene ring substituents is 1. The van der Waals surface area contributed by atoms with Crippen LogP contribution in [0.25, 0.3) is 0 Å². The number of Topliss-reactive ketones (excluding diaryl/α,β-unsaturated/α-hetero) is 1. The molecule has 13 nitrogen and oxygen atoms in total. The van der Waals surface area contributed by atoms with E-state index in [4.69, 9.17) is 14.2 Å². The molecule has 14 heteroatoms. The fourth-order valence-electron chi connectivity index (χ4n) is 8.48. The molecular formula is C32H37FN2O11. The highest BCUT2D eigenvalue weighted by Crippen LogP contribution is 2.70. The van der Waals surface area contributed by atoms with Gasteiger partial charge in [-0.05, 0) is 68.7 Å². The lowest BCUT2D eigenvalue weighted by Crippen LogP contribution is -2.69. The first-order chi connectivity index (χ1) is 21.6. The lowest BCUT2D eigenvalue weighted by atomic mass is 9.44. The number of aliphatic hydroxyl groups excluding tert-OH is 1. The van der Waals surface area contributed by atoms with Crippen LogP contribution in [0.1, 0.15) is 46.5 Å². The first-order valence-electron chi connectivity index (χ1n) is 15.1. The van der Waals surface area contributed by atoms with Crippen LogP contribution >= 0.6 is 0 Å². The third kappa shape index (κ3) is 5.16. The quantitative estimate of drug-likeness (QED) is 0.123. The molecule has 0 saturated heterocycles. The van der Waals surface area contributed by atoms with Crippen LogP contribution in [-0.2, 0) is 19.1 Å². The van der Waals surface area contributed by atoms with Crippen LogP contribution in [0.15, 0.2) is 48.1 Å². The summed E-state index contributed by atoms with van der Waals surface area (Å²) in [5.41, 5.74) is -6.10. The number of amides is 1. The van der Waals surface area contributed by atoms with E-state index in [9.17, 15) is 39.5 Å². The topological polar surface area (TPSA) is 192 Å². The van der Waals surface area contributed by atoms with Crippen molar-refractivity contribution in [2.45, 2.75) is 63.8 Å². The van der Waals surface area contributed by atoms with Gasteiger partial charge in [0.15, 0.2) is 18.1 Å². The third-order valence-electron chi connectivity index (χ3n) is 10.8. The molecular weight excluding hydrogens is 607 g/mol. The Morgan fingerprint density at radius 2 is 1.85 bits per heavy atom. The van der Waals surface area contributed by atoms with E-state index in [0.717, 1.165) is 12.1 Å². The van der Waals surface area contributed by atoms with Crippen molar-refractivity contribution >= 4 is 29.5 Å². The van der Waals surface area contributed by atoms with E-state index in [1.807, 2.05) is 0 Å². The van der Waals surface area contributed by atoms with Crippen molar-refractivity contribution in [3.05, 3.63) is 58.2 Å². The van der Waals surface area contributed by atoms with Gasteiger partial charge < -0.3 is 29.7 Å². The summed E-state index contributed by atoms with van der Waals surface area (Å²) in [6.07, 6.45) is 1.55. The largest absolute Gasteiger partial charge is 0.513 e. The number of aliphatic hydroxyl groups is 2. The standard InChI is InChI=1S/C32H37FN2O11/c1-18-14-24-23-9-4-19-15-21(36)10-11-29(19,2)31(23,33)25(37)16-30(24,3)32(18,41)26(38)17-45-27(39)34-12-13-44-28(40)46-22-7-5-20(6-8-22)35(42)43/h5-8,10-11,15,18,23-25,37,41H,4,9,12-14,16-17H2,1-3H3,(H,34,39). The minimum absolute atomic E-state index is 0.0146. The second-order valence-electron chi connectivity index (χ2n) is 13.0. The van der Waals surface area contributed by atoms with Gasteiger partial charge in [0.05, 0.1) is 17.6 Å². The van der Waals surface area contributed by atoms with E-state index in [-0.39, 0.29) is 36.8 Å². The maximum atomic E-state index is 17.3. The number of non-ortho nitro benzene ring substituents is 1. The smallest absolute Gasteiger partial charge is 0.441 e. The molecule has 8 unspecified atom stereocenters. The monoisotopic (exact) mass is 644 g/mol. The molecule has 3 saturated carbocycles. The lowest BCUT2D eigenvalue weighted by molar-refractivity contribution is -0.384. The zero-order valence-electron chi connectivity index (χ0n) is 25.7. The van der Waals surface area contributed by atoms with E-state index >= 15 is 4.39 Å². The fraction of sp³-hybridized carbons (Fsp3) is 0.562. The van der Waals surface area contributed by atoms with Gasteiger partial charge in [0, 0.05) is 28.9 Å². The SMILES string of the molecule is CC1CC2C3CCC4=CC(=O)C=CC4(C)C3(F)C(O)CC2(C)C1(O)C(=O)COC(=O)NCCOC(=O)Oc1ccc([N+](=O)[O-])cc1. The second-order valence-corrected chi connectivity index (χ2v) is 13.0. The summed E-state index contributed by atoms with van der Waals surface area (Å²) >= 11 is 0. The molecule has 0 spiro atoms. The summed E-state index contributed by atoms with van der Waals surface area (Å²) in [6.45, 7) is 3.76. The molecule has 248 valence electrons. The van der Waals surface area contributed by atoms with E-state index in [1.54, 1.807) is 20.8 Å². The highest BCUT2D eigenvalue weighted by Gasteiger charge is 2.75. The van der Waals surface area contributed by atoms with Gasteiger partial charge in [-0.3, -0.25) is 19.7 Å². The van der Waals surface area contributed by atoms with Gasteiger partial charge in [0.2, 0.25) is 5.78 Å². The molecule has 3 fully saturated rings. The Morgan fingerprint density at radius 1 is 1.15 bits per heavy atom. The van der Waals surface area contributed by atoms with Crippen molar-refractivity contribution in [2.24, 2.45) is 28.6 Å². The van der Waals surface area contributed by atoms with Crippen LogP contribution in [0.5, 0.6) is 5.75 Å². The number of ketones is 2. The molecule has 8 atom stereocenters. The van der Waals surface area contributed by atoms with Crippen LogP contribution in [0.3, 0.4) is 0 Å². The predicted molar refractivity (Wildman–Crippen MR) is 157 cm³/mol. The van der Waals surface area contributed by atoms with Crippen molar-refractivity contribution in [3.8, 4) is 5.75 Å². The number of fused-ring (bicyclic) bond motifs is 5. The van der Waals surface area contributed by atoms with Crippen LogP contribution in [0, 0.1) is 38.7 Å². The van der Waals surface area contributed by atoms with E-state index < -0.39 is 75.5 Å². The number of hydrogen-bond donors (Lipinski definition) is 3. The Morgan fingerprint density at radius 3 is 2.52 bits per heavy atom. The average molecular weight is 645 g/mol. The van der Waals surface area contributed by atoms with Gasteiger partial charge >= 0.3 is 12.2 Å². The molecule has 4 aliphatic rings. The Labute approximate surface area is 263 Å². The minimum Gasteiger partial charge on any atom is -0.441 e. The number of carbonyl (C=O) groups excluding carboxylic acids is 4. The molecule has 3 N–H and O–H groups in total.